The molecule has 0 amide bonds. The van der Waals surface area contributed by atoms with E-state index in [1.165, 1.54) is 5.56 Å². The predicted octanol–water partition coefficient (Wildman–Crippen LogP) is 2.12. The first-order valence-electron chi connectivity index (χ1n) is 5.94. The first kappa shape index (κ1) is 13.2. The molecule has 0 aliphatic heterocycles. The van der Waals surface area contributed by atoms with E-state index in [2.05, 4.69) is 49.8 Å². The number of hydrogen-bond donors (Lipinski definition) is 1. The zero-order valence-corrected chi connectivity index (χ0v) is 12.2. The maximum Gasteiger partial charge on any atom is 0.0833 e. The van der Waals surface area contributed by atoms with E-state index in [4.69, 9.17) is 0 Å². The van der Waals surface area contributed by atoms with Crippen molar-refractivity contribution in [2.75, 3.05) is 13.6 Å². The Balaban J connectivity index is 2.17. The maximum absolute atomic E-state index is 4.16. The summed E-state index contributed by atoms with van der Waals surface area (Å²) in [5.74, 6) is 0.407. The Morgan fingerprint density at radius 3 is 2.89 bits per heavy atom. The molecule has 96 valence electrons. The van der Waals surface area contributed by atoms with Gasteiger partial charge in [0.25, 0.3) is 0 Å². The second kappa shape index (κ2) is 6.11. The highest BCUT2D eigenvalue weighted by atomic mass is 79.9. The van der Waals surface area contributed by atoms with Gasteiger partial charge in [0, 0.05) is 36.6 Å². The summed E-state index contributed by atoms with van der Waals surface area (Å²) in [6.07, 6.45) is 2.87. The van der Waals surface area contributed by atoms with Gasteiger partial charge in [-0.15, -0.1) is 5.10 Å². The Kier molecular flexibility index (Phi) is 4.49. The van der Waals surface area contributed by atoms with Gasteiger partial charge in [0.15, 0.2) is 0 Å². The van der Waals surface area contributed by atoms with Gasteiger partial charge >= 0.3 is 0 Å². The van der Waals surface area contributed by atoms with Crippen molar-refractivity contribution in [3.8, 4) is 0 Å². The molecule has 2 rings (SSSR count). The largest absolute Gasteiger partial charge is 0.319 e. The second-order valence-electron chi connectivity index (χ2n) is 4.40. The Hall–Kier alpha value is -1.20. The van der Waals surface area contributed by atoms with Crippen molar-refractivity contribution in [1.29, 1.82) is 0 Å². The van der Waals surface area contributed by atoms with E-state index in [9.17, 15) is 0 Å². The normalized spacial score (nSPS) is 12.6. The van der Waals surface area contributed by atoms with Gasteiger partial charge in [-0.2, -0.15) is 0 Å². The summed E-state index contributed by atoms with van der Waals surface area (Å²) >= 11 is 3.52. The molecule has 0 saturated carbocycles. The predicted molar refractivity (Wildman–Crippen MR) is 75.5 cm³/mol. The zero-order valence-electron chi connectivity index (χ0n) is 10.6. The molecule has 1 atom stereocenters. The third-order valence-corrected chi connectivity index (χ3v) is 3.37. The summed E-state index contributed by atoms with van der Waals surface area (Å²) in [7, 11) is 3.87. The van der Waals surface area contributed by atoms with E-state index < -0.39 is 0 Å². The van der Waals surface area contributed by atoms with Gasteiger partial charge in [0.1, 0.15) is 0 Å². The Labute approximate surface area is 116 Å². The first-order chi connectivity index (χ1) is 8.69. The highest BCUT2D eigenvalue weighted by Gasteiger charge is 2.13. The maximum atomic E-state index is 4.16. The van der Waals surface area contributed by atoms with Crippen molar-refractivity contribution >= 4 is 15.9 Å². The van der Waals surface area contributed by atoms with Gasteiger partial charge in [-0.05, 0) is 24.7 Å². The van der Waals surface area contributed by atoms with Gasteiger partial charge in [-0.1, -0.05) is 33.3 Å². The van der Waals surface area contributed by atoms with Crippen LogP contribution >= 0.6 is 15.9 Å². The van der Waals surface area contributed by atoms with Crippen molar-refractivity contribution in [2.45, 2.75) is 12.3 Å². The third kappa shape index (κ3) is 3.40. The third-order valence-electron chi connectivity index (χ3n) is 2.88. The number of likely N-dealkylation sites (N-methyl/N-ethyl adjacent to an activating group) is 1. The summed E-state index contributed by atoms with van der Waals surface area (Å²) in [4.78, 5) is 0. The van der Waals surface area contributed by atoms with Crippen LogP contribution in [0, 0.1) is 0 Å². The fraction of sp³-hybridized carbons (Fsp3) is 0.385. The molecule has 0 spiro atoms. The fourth-order valence-electron chi connectivity index (χ4n) is 2.06. The molecule has 1 heterocycles. The Bertz CT molecular complexity index is 509. The van der Waals surface area contributed by atoms with Gasteiger partial charge in [0.05, 0.1) is 5.69 Å². The van der Waals surface area contributed by atoms with E-state index in [0.717, 1.165) is 23.1 Å². The fourth-order valence-corrected chi connectivity index (χ4v) is 2.47. The number of rotatable bonds is 5. The van der Waals surface area contributed by atoms with Crippen molar-refractivity contribution in [1.82, 2.24) is 20.3 Å². The molecule has 5 heteroatoms. The molecule has 0 radical (unpaired) electrons. The van der Waals surface area contributed by atoms with E-state index in [0.29, 0.717) is 5.92 Å². The lowest BCUT2D eigenvalue weighted by Crippen LogP contribution is -2.19. The van der Waals surface area contributed by atoms with Crippen molar-refractivity contribution < 1.29 is 0 Å². The molecule has 0 bridgehead atoms. The van der Waals surface area contributed by atoms with Crippen LogP contribution < -0.4 is 5.32 Å². The summed E-state index contributed by atoms with van der Waals surface area (Å²) in [5, 5.41) is 11.4. The lowest BCUT2D eigenvalue weighted by atomic mass is 9.94. The van der Waals surface area contributed by atoms with Crippen molar-refractivity contribution in [3.63, 3.8) is 0 Å². The van der Waals surface area contributed by atoms with Crippen LogP contribution in [0.3, 0.4) is 0 Å². The quantitative estimate of drug-likeness (QED) is 0.920. The number of aryl methyl sites for hydroxylation is 1. The minimum atomic E-state index is 0.407. The Morgan fingerprint density at radius 2 is 2.28 bits per heavy atom. The smallest absolute Gasteiger partial charge is 0.0833 e. The van der Waals surface area contributed by atoms with E-state index in [-0.39, 0.29) is 0 Å². The second-order valence-corrected chi connectivity index (χ2v) is 5.31. The van der Waals surface area contributed by atoms with Gasteiger partial charge in [-0.25, -0.2) is 0 Å². The molecule has 18 heavy (non-hydrogen) atoms. The standard InChI is InChI=1S/C13H17BrN4/c1-15-8-11(7-13-9-18(2)17-16-13)10-4-3-5-12(14)6-10/h3-6,9,11,15H,7-8H2,1-2H3. The molecule has 1 unspecified atom stereocenters. The molecule has 0 aliphatic rings. The number of nitrogens with one attached hydrogen (secondary N) is 1. The average molecular weight is 309 g/mol. The number of benzene rings is 1. The van der Waals surface area contributed by atoms with Crippen LogP contribution in [0.4, 0.5) is 0 Å². The molecular formula is C13H17BrN4. The average Bonchev–Trinajstić information content (AvgIpc) is 2.74. The highest BCUT2D eigenvalue weighted by Crippen LogP contribution is 2.22. The molecule has 0 aliphatic carbocycles. The number of halogens is 1. The molecule has 1 aromatic heterocycles. The molecular weight excluding hydrogens is 292 g/mol. The number of nitrogens with zero attached hydrogens (tertiary/aromatic N) is 3. The molecule has 0 saturated heterocycles. The van der Waals surface area contributed by atoms with Crippen LogP contribution in [0.15, 0.2) is 34.9 Å². The summed E-state index contributed by atoms with van der Waals surface area (Å²) in [6.45, 7) is 0.924. The molecule has 1 aromatic carbocycles. The van der Waals surface area contributed by atoms with Gasteiger partial charge in [0.2, 0.25) is 0 Å². The highest BCUT2D eigenvalue weighted by molar-refractivity contribution is 9.10. The van der Waals surface area contributed by atoms with Crippen molar-refractivity contribution in [3.05, 3.63) is 46.2 Å². The van der Waals surface area contributed by atoms with Crippen molar-refractivity contribution in [2.24, 2.45) is 7.05 Å². The first-order valence-corrected chi connectivity index (χ1v) is 6.73. The molecule has 0 fully saturated rings. The van der Waals surface area contributed by atoms with Gasteiger partial charge in [-0.3, -0.25) is 4.68 Å². The SMILES string of the molecule is CNCC(Cc1cn(C)nn1)c1cccc(Br)c1. The minimum absolute atomic E-state index is 0.407. The van der Waals surface area contributed by atoms with E-state index in [1.807, 2.05) is 26.4 Å². The van der Waals surface area contributed by atoms with Crippen LogP contribution in [0.1, 0.15) is 17.2 Å². The molecule has 1 N–H and O–H groups in total. The van der Waals surface area contributed by atoms with Gasteiger partial charge < -0.3 is 5.32 Å². The summed E-state index contributed by atoms with van der Waals surface area (Å²) < 4.78 is 2.85. The zero-order chi connectivity index (χ0) is 13.0. The van der Waals surface area contributed by atoms with Crippen LogP contribution in [-0.2, 0) is 13.5 Å². The van der Waals surface area contributed by atoms with E-state index in [1.54, 1.807) is 4.68 Å². The topological polar surface area (TPSA) is 42.7 Å². The van der Waals surface area contributed by atoms with Crippen LogP contribution in [-0.4, -0.2) is 28.6 Å². The van der Waals surface area contributed by atoms with E-state index >= 15 is 0 Å². The minimum Gasteiger partial charge on any atom is -0.319 e. The van der Waals surface area contributed by atoms with Crippen LogP contribution in [0.5, 0.6) is 0 Å². The lowest BCUT2D eigenvalue weighted by Gasteiger charge is -2.16. The number of hydrogen-bond acceptors (Lipinski definition) is 3. The summed E-state index contributed by atoms with van der Waals surface area (Å²) in [6, 6.07) is 8.43. The molecule has 4 nitrogen and oxygen atoms in total. The lowest BCUT2D eigenvalue weighted by molar-refractivity contribution is 0.616. The Morgan fingerprint density at radius 1 is 1.44 bits per heavy atom. The molecule has 2 aromatic rings. The summed E-state index contributed by atoms with van der Waals surface area (Å²) in [5.41, 5.74) is 2.34. The number of aromatic nitrogens is 3. The van der Waals surface area contributed by atoms with Crippen LogP contribution in [0.2, 0.25) is 0 Å². The van der Waals surface area contributed by atoms with Crippen LogP contribution in [0.25, 0.3) is 0 Å². The monoisotopic (exact) mass is 308 g/mol.